The summed E-state index contributed by atoms with van der Waals surface area (Å²) in [4.78, 5) is 22.5. The SMILES string of the molecule is CCc1ccc(NC(=O)NC(C)(C)C(=O)O)cc1. The molecule has 2 amide bonds. The summed E-state index contributed by atoms with van der Waals surface area (Å²) >= 11 is 0. The van der Waals surface area contributed by atoms with E-state index in [0.29, 0.717) is 5.69 Å². The van der Waals surface area contributed by atoms with Crippen molar-refractivity contribution in [1.82, 2.24) is 5.32 Å². The van der Waals surface area contributed by atoms with Gasteiger partial charge in [0, 0.05) is 5.69 Å². The molecule has 0 saturated heterocycles. The molecule has 0 saturated carbocycles. The van der Waals surface area contributed by atoms with Crippen LogP contribution in [0.2, 0.25) is 0 Å². The van der Waals surface area contributed by atoms with E-state index in [1.807, 2.05) is 19.1 Å². The monoisotopic (exact) mass is 250 g/mol. The number of carboxylic acids is 1. The van der Waals surface area contributed by atoms with Gasteiger partial charge in [0.2, 0.25) is 0 Å². The molecule has 0 spiro atoms. The summed E-state index contributed by atoms with van der Waals surface area (Å²) in [5, 5.41) is 13.9. The molecule has 0 aromatic heterocycles. The van der Waals surface area contributed by atoms with Crippen molar-refractivity contribution in [3.8, 4) is 0 Å². The van der Waals surface area contributed by atoms with Crippen molar-refractivity contribution < 1.29 is 14.7 Å². The van der Waals surface area contributed by atoms with Crippen molar-refractivity contribution in [2.24, 2.45) is 0 Å². The van der Waals surface area contributed by atoms with Crippen molar-refractivity contribution in [2.75, 3.05) is 5.32 Å². The van der Waals surface area contributed by atoms with Crippen LogP contribution in [0.4, 0.5) is 10.5 Å². The molecule has 1 aromatic carbocycles. The number of carboxylic acid groups (broad SMARTS) is 1. The summed E-state index contributed by atoms with van der Waals surface area (Å²) < 4.78 is 0. The van der Waals surface area contributed by atoms with E-state index in [1.165, 1.54) is 19.4 Å². The fraction of sp³-hybridized carbons (Fsp3) is 0.385. The Morgan fingerprint density at radius 1 is 1.22 bits per heavy atom. The van der Waals surface area contributed by atoms with Gasteiger partial charge in [0.05, 0.1) is 0 Å². The van der Waals surface area contributed by atoms with E-state index in [9.17, 15) is 9.59 Å². The average molecular weight is 250 g/mol. The number of aryl methyl sites for hydroxylation is 1. The van der Waals surface area contributed by atoms with Crippen LogP contribution in [0.1, 0.15) is 26.3 Å². The summed E-state index contributed by atoms with van der Waals surface area (Å²) in [6.07, 6.45) is 0.929. The van der Waals surface area contributed by atoms with Crippen molar-refractivity contribution in [2.45, 2.75) is 32.7 Å². The van der Waals surface area contributed by atoms with Crippen LogP contribution in [-0.4, -0.2) is 22.6 Å². The van der Waals surface area contributed by atoms with Crippen LogP contribution in [-0.2, 0) is 11.2 Å². The molecular formula is C13H18N2O3. The van der Waals surface area contributed by atoms with E-state index >= 15 is 0 Å². The number of carbonyl (C=O) groups is 2. The number of nitrogens with one attached hydrogen (secondary N) is 2. The zero-order chi connectivity index (χ0) is 13.8. The van der Waals surface area contributed by atoms with E-state index in [0.717, 1.165) is 6.42 Å². The Kier molecular flexibility index (Phi) is 4.31. The van der Waals surface area contributed by atoms with Gasteiger partial charge in [-0.1, -0.05) is 19.1 Å². The lowest BCUT2D eigenvalue weighted by Gasteiger charge is -2.21. The minimum atomic E-state index is -1.30. The Morgan fingerprint density at radius 2 is 1.78 bits per heavy atom. The smallest absolute Gasteiger partial charge is 0.328 e. The van der Waals surface area contributed by atoms with E-state index in [-0.39, 0.29) is 0 Å². The zero-order valence-corrected chi connectivity index (χ0v) is 10.8. The summed E-state index contributed by atoms with van der Waals surface area (Å²) in [7, 11) is 0. The Bertz CT molecular complexity index is 438. The zero-order valence-electron chi connectivity index (χ0n) is 10.8. The molecule has 0 aliphatic rings. The molecule has 5 nitrogen and oxygen atoms in total. The maximum absolute atomic E-state index is 11.6. The average Bonchev–Trinajstić information content (AvgIpc) is 2.29. The number of benzene rings is 1. The molecule has 0 aliphatic carbocycles. The first-order chi connectivity index (χ1) is 8.35. The molecule has 3 N–H and O–H groups in total. The molecule has 0 radical (unpaired) electrons. The van der Waals surface area contributed by atoms with Crippen LogP contribution in [0.15, 0.2) is 24.3 Å². The van der Waals surface area contributed by atoms with Gasteiger partial charge in [-0.15, -0.1) is 0 Å². The topological polar surface area (TPSA) is 78.4 Å². The fourth-order valence-electron chi connectivity index (χ4n) is 1.32. The van der Waals surface area contributed by atoms with Gasteiger partial charge in [-0.05, 0) is 38.0 Å². The fourth-order valence-corrected chi connectivity index (χ4v) is 1.32. The first-order valence-electron chi connectivity index (χ1n) is 5.76. The van der Waals surface area contributed by atoms with E-state index < -0.39 is 17.5 Å². The van der Waals surface area contributed by atoms with E-state index in [1.54, 1.807) is 12.1 Å². The number of rotatable bonds is 4. The molecule has 5 heteroatoms. The van der Waals surface area contributed by atoms with Crippen LogP contribution >= 0.6 is 0 Å². The maximum atomic E-state index is 11.6. The van der Waals surface area contributed by atoms with Crippen LogP contribution in [0.5, 0.6) is 0 Å². The number of hydrogen-bond donors (Lipinski definition) is 3. The number of amides is 2. The Labute approximate surface area is 106 Å². The Morgan fingerprint density at radius 3 is 2.22 bits per heavy atom. The third-order valence-corrected chi connectivity index (χ3v) is 2.58. The van der Waals surface area contributed by atoms with Gasteiger partial charge in [-0.25, -0.2) is 9.59 Å². The van der Waals surface area contributed by atoms with Crippen LogP contribution in [0.25, 0.3) is 0 Å². The highest BCUT2D eigenvalue weighted by molar-refractivity contribution is 5.93. The molecule has 1 aromatic rings. The summed E-state index contributed by atoms with van der Waals surface area (Å²) in [5.41, 5.74) is 0.505. The lowest BCUT2D eigenvalue weighted by Crippen LogP contribution is -2.51. The van der Waals surface area contributed by atoms with Gasteiger partial charge in [0.1, 0.15) is 5.54 Å². The molecule has 98 valence electrons. The van der Waals surface area contributed by atoms with Crippen molar-refractivity contribution in [1.29, 1.82) is 0 Å². The molecule has 0 unspecified atom stereocenters. The Balaban J connectivity index is 2.62. The second kappa shape index (κ2) is 5.53. The molecular weight excluding hydrogens is 232 g/mol. The van der Waals surface area contributed by atoms with Gasteiger partial charge >= 0.3 is 12.0 Å². The van der Waals surface area contributed by atoms with Crippen molar-refractivity contribution >= 4 is 17.7 Å². The number of hydrogen-bond acceptors (Lipinski definition) is 2. The highest BCUT2D eigenvalue weighted by atomic mass is 16.4. The second-order valence-electron chi connectivity index (χ2n) is 4.56. The van der Waals surface area contributed by atoms with Crippen LogP contribution < -0.4 is 10.6 Å². The number of carbonyl (C=O) groups excluding carboxylic acids is 1. The number of anilines is 1. The number of aliphatic carboxylic acids is 1. The molecule has 0 fully saturated rings. The highest BCUT2D eigenvalue weighted by Crippen LogP contribution is 2.10. The van der Waals surface area contributed by atoms with Gasteiger partial charge in [-0.2, -0.15) is 0 Å². The quantitative estimate of drug-likeness (QED) is 0.766. The molecule has 18 heavy (non-hydrogen) atoms. The third-order valence-electron chi connectivity index (χ3n) is 2.58. The normalized spacial score (nSPS) is 10.8. The minimum absolute atomic E-state index is 0.536. The first kappa shape index (κ1) is 14.0. The second-order valence-corrected chi connectivity index (χ2v) is 4.56. The maximum Gasteiger partial charge on any atom is 0.328 e. The van der Waals surface area contributed by atoms with Crippen molar-refractivity contribution in [3.63, 3.8) is 0 Å². The van der Waals surface area contributed by atoms with Crippen LogP contribution in [0, 0.1) is 0 Å². The predicted octanol–water partition coefficient (Wildman–Crippen LogP) is 2.23. The molecule has 0 bridgehead atoms. The predicted molar refractivity (Wildman–Crippen MR) is 69.7 cm³/mol. The third kappa shape index (κ3) is 3.76. The Hall–Kier alpha value is -2.04. The van der Waals surface area contributed by atoms with Gasteiger partial charge in [0.25, 0.3) is 0 Å². The van der Waals surface area contributed by atoms with Gasteiger partial charge in [-0.3, -0.25) is 0 Å². The summed E-state index contributed by atoms with van der Waals surface area (Å²) in [5.74, 6) is -1.08. The first-order valence-corrected chi connectivity index (χ1v) is 5.76. The van der Waals surface area contributed by atoms with E-state index in [2.05, 4.69) is 10.6 Å². The molecule has 1 rings (SSSR count). The lowest BCUT2D eigenvalue weighted by atomic mass is 10.1. The molecule has 0 heterocycles. The molecule has 0 aliphatic heterocycles. The largest absolute Gasteiger partial charge is 0.480 e. The standard InChI is InChI=1S/C13H18N2O3/c1-4-9-5-7-10(8-6-9)14-12(18)15-13(2,3)11(16)17/h5-8H,4H2,1-3H3,(H,16,17)(H2,14,15,18). The summed E-state index contributed by atoms with van der Waals surface area (Å²) in [6, 6.07) is 6.86. The number of urea groups is 1. The van der Waals surface area contributed by atoms with E-state index in [4.69, 9.17) is 5.11 Å². The van der Waals surface area contributed by atoms with Crippen LogP contribution in [0.3, 0.4) is 0 Å². The van der Waals surface area contributed by atoms with Gasteiger partial charge in [0.15, 0.2) is 0 Å². The van der Waals surface area contributed by atoms with Gasteiger partial charge < -0.3 is 15.7 Å². The minimum Gasteiger partial charge on any atom is -0.480 e. The summed E-state index contributed by atoms with van der Waals surface area (Å²) in [6.45, 7) is 4.90. The lowest BCUT2D eigenvalue weighted by molar-refractivity contribution is -0.142. The molecule has 0 atom stereocenters. The highest BCUT2D eigenvalue weighted by Gasteiger charge is 2.28. The van der Waals surface area contributed by atoms with Crippen molar-refractivity contribution in [3.05, 3.63) is 29.8 Å².